The number of benzene rings is 4. The maximum atomic E-state index is 9.76. The minimum atomic E-state index is 0.190. The summed E-state index contributed by atoms with van der Waals surface area (Å²) in [6.07, 6.45) is 0. The fourth-order valence-electron chi connectivity index (χ4n) is 4.21. The standard InChI is InChI=1S/C28H12N10S/c29-13-17-9-25(37-23-7-3-1-5-21(23)33-35-37)27(11-19(17)15-31)39-28-12-20(16-32)18(14-30)10-26(28)38-24-8-4-2-6-22(24)34-36-38/h1-12H. The predicted octanol–water partition coefficient (Wildman–Crippen LogP) is 4.79. The van der Waals surface area contributed by atoms with Gasteiger partial charge in [0.1, 0.15) is 35.3 Å². The Labute approximate surface area is 225 Å². The Morgan fingerprint density at radius 1 is 0.538 bits per heavy atom. The van der Waals surface area contributed by atoms with Gasteiger partial charge >= 0.3 is 0 Å². The molecule has 0 bridgehead atoms. The number of para-hydroxylation sites is 2. The van der Waals surface area contributed by atoms with Crippen LogP contribution in [0.25, 0.3) is 33.4 Å². The summed E-state index contributed by atoms with van der Waals surface area (Å²) < 4.78 is 3.22. The molecule has 0 amide bonds. The molecule has 6 rings (SSSR count). The van der Waals surface area contributed by atoms with Crippen LogP contribution >= 0.6 is 11.8 Å². The summed E-state index contributed by atoms with van der Waals surface area (Å²) in [5.41, 5.74) is 4.58. The summed E-state index contributed by atoms with van der Waals surface area (Å²) in [5, 5.41) is 56.1. The van der Waals surface area contributed by atoms with Crippen LogP contribution in [0.1, 0.15) is 22.3 Å². The van der Waals surface area contributed by atoms with Crippen molar-refractivity contribution in [3.05, 3.63) is 95.1 Å². The van der Waals surface area contributed by atoms with Crippen LogP contribution < -0.4 is 0 Å². The smallest absolute Gasteiger partial charge is 0.113 e. The molecule has 0 aliphatic carbocycles. The average molecular weight is 521 g/mol. The summed E-state index contributed by atoms with van der Waals surface area (Å²) in [6.45, 7) is 0. The Balaban J connectivity index is 1.61. The molecule has 0 N–H and O–H groups in total. The van der Waals surface area contributed by atoms with Crippen molar-refractivity contribution >= 4 is 33.8 Å². The lowest BCUT2D eigenvalue weighted by Crippen LogP contribution is -2.04. The van der Waals surface area contributed by atoms with Gasteiger partial charge < -0.3 is 0 Å². The van der Waals surface area contributed by atoms with Crippen molar-refractivity contribution in [2.75, 3.05) is 0 Å². The number of aromatic nitrogens is 6. The quantitative estimate of drug-likeness (QED) is 0.319. The molecule has 2 aromatic heterocycles. The number of rotatable bonds is 4. The van der Waals surface area contributed by atoms with Gasteiger partial charge in [0.05, 0.1) is 44.7 Å². The molecule has 10 nitrogen and oxygen atoms in total. The molecule has 0 unspecified atom stereocenters. The number of hydrogen-bond acceptors (Lipinski definition) is 9. The monoisotopic (exact) mass is 520 g/mol. The van der Waals surface area contributed by atoms with Gasteiger partial charge in [-0.15, -0.1) is 10.2 Å². The highest BCUT2D eigenvalue weighted by atomic mass is 32.2. The first kappa shape index (κ1) is 23.4. The van der Waals surface area contributed by atoms with Gasteiger partial charge in [0.25, 0.3) is 0 Å². The summed E-state index contributed by atoms with van der Waals surface area (Å²) in [6, 6.07) is 29.5. The molecular formula is C28H12N10S. The molecule has 0 atom stereocenters. The van der Waals surface area contributed by atoms with Crippen LogP contribution in [0.15, 0.2) is 82.6 Å². The van der Waals surface area contributed by atoms with Crippen LogP contribution in [0.5, 0.6) is 0 Å². The van der Waals surface area contributed by atoms with E-state index in [4.69, 9.17) is 0 Å². The summed E-state index contributed by atoms with van der Waals surface area (Å²) >= 11 is 1.25. The van der Waals surface area contributed by atoms with Crippen LogP contribution in [-0.2, 0) is 0 Å². The lowest BCUT2D eigenvalue weighted by molar-refractivity contribution is 0.807. The van der Waals surface area contributed by atoms with Crippen LogP contribution in [-0.4, -0.2) is 30.0 Å². The Kier molecular flexibility index (Phi) is 5.67. The third kappa shape index (κ3) is 3.89. The second-order valence-electron chi connectivity index (χ2n) is 8.26. The summed E-state index contributed by atoms with van der Waals surface area (Å²) in [4.78, 5) is 1.17. The van der Waals surface area contributed by atoms with Crippen LogP contribution in [0.3, 0.4) is 0 Å². The average Bonchev–Trinajstić information content (AvgIpc) is 3.61. The minimum absolute atomic E-state index is 0.190. The van der Waals surface area contributed by atoms with Gasteiger partial charge in [-0.3, -0.25) is 0 Å². The van der Waals surface area contributed by atoms with Gasteiger partial charge in [0, 0.05) is 9.79 Å². The van der Waals surface area contributed by atoms with Crippen molar-refractivity contribution < 1.29 is 0 Å². The van der Waals surface area contributed by atoms with E-state index in [1.54, 1.807) is 33.6 Å². The van der Waals surface area contributed by atoms with Crippen molar-refractivity contribution in [1.29, 1.82) is 21.0 Å². The Bertz CT molecular complexity index is 1960. The first-order valence-corrected chi connectivity index (χ1v) is 12.2. The van der Waals surface area contributed by atoms with Gasteiger partial charge in [-0.1, -0.05) is 46.5 Å². The van der Waals surface area contributed by atoms with E-state index >= 15 is 0 Å². The lowest BCUT2D eigenvalue weighted by Gasteiger charge is -2.15. The zero-order valence-electron chi connectivity index (χ0n) is 19.8. The maximum absolute atomic E-state index is 9.76. The SMILES string of the molecule is N#Cc1cc(Sc2cc(C#N)c(C#N)cc2-n2nnc3ccccc32)c(-n2nnc3ccccc32)cc1C#N. The topological polar surface area (TPSA) is 157 Å². The van der Waals surface area contributed by atoms with E-state index in [0.29, 0.717) is 43.2 Å². The minimum Gasteiger partial charge on any atom is -0.212 e. The summed E-state index contributed by atoms with van der Waals surface area (Å²) in [5.74, 6) is 0. The molecule has 0 saturated carbocycles. The van der Waals surface area contributed by atoms with Gasteiger partial charge in [0.15, 0.2) is 0 Å². The Morgan fingerprint density at radius 2 is 0.923 bits per heavy atom. The molecule has 0 aliphatic rings. The molecule has 0 saturated heterocycles. The molecular weight excluding hydrogens is 508 g/mol. The van der Waals surface area contributed by atoms with E-state index in [0.717, 1.165) is 0 Å². The molecule has 6 aromatic rings. The first-order chi connectivity index (χ1) is 19.1. The van der Waals surface area contributed by atoms with Gasteiger partial charge in [0.2, 0.25) is 0 Å². The molecule has 0 aliphatic heterocycles. The van der Waals surface area contributed by atoms with Gasteiger partial charge in [-0.2, -0.15) is 21.0 Å². The van der Waals surface area contributed by atoms with Crippen molar-refractivity contribution in [1.82, 2.24) is 30.0 Å². The zero-order valence-corrected chi connectivity index (χ0v) is 20.6. The highest BCUT2D eigenvalue weighted by Crippen LogP contribution is 2.39. The van der Waals surface area contributed by atoms with Crippen molar-refractivity contribution in [3.63, 3.8) is 0 Å². The van der Waals surface area contributed by atoms with Crippen LogP contribution in [0.4, 0.5) is 0 Å². The van der Waals surface area contributed by atoms with E-state index in [1.807, 2.05) is 48.5 Å². The number of fused-ring (bicyclic) bond motifs is 2. The van der Waals surface area contributed by atoms with Gasteiger partial charge in [-0.05, 0) is 48.5 Å². The number of hydrogen-bond donors (Lipinski definition) is 0. The molecule has 11 heteroatoms. The molecule has 39 heavy (non-hydrogen) atoms. The molecule has 2 heterocycles. The first-order valence-electron chi connectivity index (χ1n) is 11.4. The van der Waals surface area contributed by atoms with Crippen LogP contribution in [0, 0.1) is 45.3 Å². The van der Waals surface area contributed by atoms with Crippen molar-refractivity contribution in [3.8, 4) is 35.7 Å². The van der Waals surface area contributed by atoms with E-state index in [1.165, 1.54) is 11.8 Å². The Morgan fingerprint density at radius 3 is 1.33 bits per heavy atom. The van der Waals surface area contributed by atoms with E-state index in [2.05, 4.69) is 44.9 Å². The van der Waals surface area contributed by atoms with Crippen molar-refractivity contribution in [2.24, 2.45) is 0 Å². The second-order valence-corrected chi connectivity index (χ2v) is 9.34. The normalized spacial score (nSPS) is 10.6. The van der Waals surface area contributed by atoms with E-state index < -0.39 is 0 Å². The fourth-order valence-corrected chi connectivity index (χ4v) is 5.30. The van der Waals surface area contributed by atoms with Gasteiger partial charge in [-0.25, -0.2) is 9.36 Å². The van der Waals surface area contributed by atoms with Crippen molar-refractivity contribution in [2.45, 2.75) is 9.79 Å². The lowest BCUT2D eigenvalue weighted by atomic mass is 10.1. The Hall–Kier alpha value is -6.01. The fraction of sp³-hybridized carbons (Fsp3) is 0. The number of nitriles is 4. The zero-order chi connectivity index (χ0) is 26.9. The molecule has 0 radical (unpaired) electrons. The third-order valence-corrected chi connectivity index (χ3v) is 7.15. The summed E-state index contributed by atoms with van der Waals surface area (Å²) in [7, 11) is 0. The highest BCUT2D eigenvalue weighted by molar-refractivity contribution is 7.99. The van der Waals surface area contributed by atoms with Crippen LogP contribution in [0.2, 0.25) is 0 Å². The second kappa shape index (κ2) is 9.46. The predicted molar refractivity (Wildman–Crippen MR) is 141 cm³/mol. The highest BCUT2D eigenvalue weighted by Gasteiger charge is 2.20. The largest absolute Gasteiger partial charge is 0.212 e. The van der Waals surface area contributed by atoms with E-state index in [9.17, 15) is 21.0 Å². The maximum Gasteiger partial charge on any atom is 0.113 e. The molecule has 4 aromatic carbocycles. The molecule has 0 spiro atoms. The molecule has 180 valence electrons. The third-order valence-electron chi connectivity index (χ3n) is 6.06. The van der Waals surface area contributed by atoms with E-state index in [-0.39, 0.29) is 22.3 Å². The molecule has 0 fully saturated rings. The number of nitrogens with zero attached hydrogens (tertiary/aromatic N) is 10.